The summed E-state index contributed by atoms with van der Waals surface area (Å²) in [6.07, 6.45) is 0. The number of fused-ring (bicyclic) bond motifs is 3. The number of nitrogens with zero attached hydrogens (tertiary/aromatic N) is 3. The van der Waals surface area contributed by atoms with E-state index in [-0.39, 0.29) is 0 Å². The van der Waals surface area contributed by atoms with Crippen LogP contribution in [0.15, 0.2) is 60.7 Å². The molecule has 4 aromatic rings. The van der Waals surface area contributed by atoms with Gasteiger partial charge >= 0.3 is 0 Å². The van der Waals surface area contributed by atoms with Crippen LogP contribution in [-0.2, 0) is 0 Å². The summed E-state index contributed by atoms with van der Waals surface area (Å²) in [7, 11) is 0. The SMILES string of the molecule is Cc1ccc(-n2nc3ccc4ccccc4c3n2)cc1. The zero-order chi connectivity index (χ0) is 13.5. The van der Waals surface area contributed by atoms with Gasteiger partial charge in [0.05, 0.1) is 5.69 Å². The van der Waals surface area contributed by atoms with Crippen molar-refractivity contribution in [2.45, 2.75) is 6.92 Å². The Kier molecular flexibility index (Phi) is 2.33. The van der Waals surface area contributed by atoms with Crippen LogP contribution >= 0.6 is 0 Å². The maximum Gasteiger partial charge on any atom is 0.121 e. The first-order valence-electron chi connectivity index (χ1n) is 6.63. The van der Waals surface area contributed by atoms with E-state index in [1.165, 1.54) is 10.9 Å². The van der Waals surface area contributed by atoms with E-state index < -0.39 is 0 Å². The molecule has 0 spiro atoms. The normalized spacial score (nSPS) is 11.2. The van der Waals surface area contributed by atoms with Gasteiger partial charge in [0.25, 0.3) is 0 Å². The molecule has 3 heteroatoms. The van der Waals surface area contributed by atoms with Crippen molar-refractivity contribution in [3.63, 3.8) is 0 Å². The molecular formula is C17H13N3. The molecule has 3 nitrogen and oxygen atoms in total. The maximum atomic E-state index is 4.65. The van der Waals surface area contributed by atoms with Gasteiger partial charge in [-0.15, -0.1) is 10.2 Å². The molecule has 96 valence electrons. The Bertz CT molecular complexity index is 904. The summed E-state index contributed by atoms with van der Waals surface area (Å²) in [5.41, 5.74) is 4.08. The molecule has 0 fully saturated rings. The van der Waals surface area contributed by atoms with Gasteiger partial charge in [0.1, 0.15) is 11.0 Å². The molecule has 0 aliphatic heterocycles. The van der Waals surface area contributed by atoms with Crippen molar-refractivity contribution >= 4 is 21.8 Å². The lowest BCUT2D eigenvalue weighted by Crippen LogP contribution is -1.97. The highest BCUT2D eigenvalue weighted by atomic mass is 15.5. The summed E-state index contributed by atoms with van der Waals surface area (Å²) in [6, 6.07) is 20.6. The molecule has 0 aliphatic rings. The summed E-state index contributed by atoms with van der Waals surface area (Å²) < 4.78 is 0. The summed E-state index contributed by atoms with van der Waals surface area (Å²) in [5, 5.41) is 11.5. The van der Waals surface area contributed by atoms with Crippen LogP contribution in [0.2, 0.25) is 0 Å². The number of rotatable bonds is 1. The summed E-state index contributed by atoms with van der Waals surface area (Å²) in [6.45, 7) is 2.07. The Morgan fingerprint density at radius 3 is 2.45 bits per heavy atom. The zero-order valence-electron chi connectivity index (χ0n) is 11.1. The monoisotopic (exact) mass is 259 g/mol. The number of aryl methyl sites for hydroxylation is 1. The minimum absolute atomic E-state index is 0.921. The van der Waals surface area contributed by atoms with Crippen molar-refractivity contribution < 1.29 is 0 Å². The molecule has 0 aliphatic carbocycles. The minimum Gasteiger partial charge on any atom is -0.150 e. The third-order valence-electron chi connectivity index (χ3n) is 3.54. The molecule has 1 heterocycles. The van der Waals surface area contributed by atoms with Crippen molar-refractivity contribution in [2.24, 2.45) is 0 Å². The van der Waals surface area contributed by atoms with E-state index in [1.54, 1.807) is 4.80 Å². The van der Waals surface area contributed by atoms with Crippen LogP contribution in [0.25, 0.3) is 27.5 Å². The van der Waals surface area contributed by atoms with Crippen molar-refractivity contribution in [3.05, 3.63) is 66.2 Å². The fourth-order valence-corrected chi connectivity index (χ4v) is 2.44. The zero-order valence-corrected chi connectivity index (χ0v) is 11.1. The topological polar surface area (TPSA) is 30.7 Å². The summed E-state index contributed by atoms with van der Waals surface area (Å²) in [4.78, 5) is 1.70. The van der Waals surface area contributed by atoms with Gasteiger partial charge in [0.2, 0.25) is 0 Å². The highest BCUT2D eigenvalue weighted by Crippen LogP contribution is 2.23. The quantitative estimate of drug-likeness (QED) is 0.519. The van der Waals surface area contributed by atoms with Crippen LogP contribution in [0.3, 0.4) is 0 Å². The summed E-state index contributed by atoms with van der Waals surface area (Å²) in [5.74, 6) is 0. The van der Waals surface area contributed by atoms with Gasteiger partial charge in [-0.2, -0.15) is 4.80 Å². The Hall–Kier alpha value is -2.68. The van der Waals surface area contributed by atoms with Crippen LogP contribution in [-0.4, -0.2) is 15.0 Å². The van der Waals surface area contributed by atoms with Gasteiger partial charge in [0.15, 0.2) is 0 Å². The lowest BCUT2D eigenvalue weighted by atomic mass is 10.1. The predicted octanol–water partition coefficient (Wildman–Crippen LogP) is 3.88. The molecule has 0 N–H and O–H groups in total. The molecule has 4 rings (SSSR count). The van der Waals surface area contributed by atoms with Crippen molar-refractivity contribution in [1.29, 1.82) is 0 Å². The van der Waals surface area contributed by atoms with Crippen LogP contribution in [0.1, 0.15) is 5.56 Å². The molecule has 0 saturated heterocycles. The lowest BCUT2D eigenvalue weighted by molar-refractivity contribution is 0.766. The van der Waals surface area contributed by atoms with E-state index in [2.05, 4.69) is 47.5 Å². The first-order chi connectivity index (χ1) is 9.81. The van der Waals surface area contributed by atoms with Gasteiger partial charge in [0, 0.05) is 5.39 Å². The largest absolute Gasteiger partial charge is 0.150 e. The van der Waals surface area contributed by atoms with Crippen LogP contribution in [0.4, 0.5) is 0 Å². The van der Waals surface area contributed by atoms with Crippen molar-refractivity contribution in [1.82, 2.24) is 15.0 Å². The Labute approximate surface area is 116 Å². The third-order valence-corrected chi connectivity index (χ3v) is 3.54. The standard InChI is InChI=1S/C17H13N3/c1-12-6-9-14(10-7-12)20-18-16-11-8-13-4-2-3-5-15(13)17(16)19-20/h2-11H,1H3. The van der Waals surface area contributed by atoms with Crippen LogP contribution in [0.5, 0.6) is 0 Å². The average molecular weight is 259 g/mol. The fraction of sp³-hybridized carbons (Fsp3) is 0.0588. The number of hydrogen-bond donors (Lipinski definition) is 0. The van der Waals surface area contributed by atoms with E-state index in [1.807, 2.05) is 30.3 Å². The maximum absolute atomic E-state index is 4.65. The van der Waals surface area contributed by atoms with Crippen molar-refractivity contribution in [3.8, 4) is 5.69 Å². The molecule has 0 radical (unpaired) electrons. The molecule has 0 bridgehead atoms. The second-order valence-electron chi connectivity index (χ2n) is 4.98. The number of benzene rings is 3. The summed E-state index contributed by atoms with van der Waals surface area (Å²) >= 11 is 0. The molecule has 0 unspecified atom stereocenters. The molecule has 1 aromatic heterocycles. The van der Waals surface area contributed by atoms with E-state index in [9.17, 15) is 0 Å². The number of aromatic nitrogens is 3. The molecule has 0 amide bonds. The van der Waals surface area contributed by atoms with Crippen molar-refractivity contribution in [2.75, 3.05) is 0 Å². The van der Waals surface area contributed by atoms with Crippen LogP contribution in [0, 0.1) is 6.92 Å². The van der Waals surface area contributed by atoms with E-state index in [4.69, 9.17) is 0 Å². The van der Waals surface area contributed by atoms with E-state index in [0.29, 0.717) is 0 Å². The van der Waals surface area contributed by atoms with Gasteiger partial charge < -0.3 is 0 Å². The van der Waals surface area contributed by atoms with Gasteiger partial charge in [-0.1, -0.05) is 48.0 Å². The first kappa shape index (κ1) is 11.2. The lowest BCUT2D eigenvalue weighted by Gasteiger charge is -1.98. The highest BCUT2D eigenvalue weighted by molar-refractivity contribution is 6.03. The fourth-order valence-electron chi connectivity index (χ4n) is 2.44. The first-order valence-corrected chi connectivity index (χ1v) is 6.63. The van der Waals surface area contributed by atoms with Crippen LogP contribution < -0.4 is 0 Å². The second-order valence-corrected chi connectivity index (χ2v) is 4.98. The Balaban J connectivity index is 1.98. The van der Waals surface area contributed by atoms with E-state index in [0.717, 1.165) is 22.1 Å². The minimum atomic E-state index is 0.921. The average Bonchev–Trinajstić information content (AvgIpc) is 2.92. The van der Waals surface area contributed by atoms with Gasteiger partial charge in [-0.05, 0) is 30.5 Å². The molecule has 0 saturated carbocycles. The third kappa shape index (κ3) is 1.67. The second kappa shape index (κ2) is 4.17. The number of hydrogen-bond acceptors (Lipinski definition) is 2. The molecular weight excluding hydrogens is 246 g/mol. The molecule has 20 heavy (non-hydrogen) atoms. The Morgan fingerprint density at radius 1 is 0.800 bits per heavy atom. The Morgan fingerprint density at radius 2 is 1.60 bits per heavy atom. The highest BCUT2D eigenvalue weighted by Gasteiger charge is 2.07. The molecule has 0 atom stereocenters. The smallest absolute Gasteiger partial charge is 0.121 e. The molecule has 3 aromatic carbocycles. The van der Waals surface area contributed by atoms with Gasteiger partial charge in [-0.3, -0.25) is 0 Å². The van der Waals surface area contributed by atoms with Gasteiger partial charge in [-0.25, -0.2) is 0 Å². The predicted molar refractivity (Wildman–Crippen MR) is 81.1 cm³/mol. The van der Waals surface area contributed by atoms with E-state index >= 15 is 0 Å².